The first kappa shape index (κ1) is 10.3. The SMILES string of the molecule is C=CCCNc1cc(C)c(Br)cn1. The molecule has 1 N–H and O–H groups in total. The largest absolute Gasteiger partial charge is 0.370 e. The summed E-state index contributed by atoms with van der Waals surface area (Å²) in [6.07, 6.45) is 4.65. The van der Waals surface area contributed by atoms with Gasteiger partial charge in [0, 0.05) is 17.2 Å². The molecular weight excluding hydrogens is 228 g/mol. The van der Waals surface area contributed by atoms with E-state index >= 15 is 0 Å². The van der Waals surface area contributed by atoms with Gasteiger partial charge in [-0.05, 0) is 40.9 Å². The summed E-state index contributed by atoms with van der Waals surface area (Å²) in [6.45, 7) is 6.59. The minimum atomic E-state index is 0.886. The molecule has 1 heterocycles. The highest BCUT2D eigenvalue weighted by Gasteiger charge is 1.96. The summed E-state index contributed by atoms with van der Waals surface area (Å²) in [4.78, 5) is 4.22. The Morgan fingerprint density at radius 3 is 3.08 bits per heavy atom. The first-order valence-corrected chi connectivity index (χ1v) is 5.00. The smallest absolute Gasteiger partial charge is 0.126 e. The number of halogens is 1. The van der Waals surface area contributed by atoms with Gasteiger partial charge < -0.3 is 5.32 Å². The van der Waals surface area contributed by atoms with Gasteiger partial charge in [0.05, 0.1) is 0 Å². The van der Waals surface area contributed by atoms with E-state index in [9.17, 15) is 0 Å². The van der Waals surface area contributed by atoms with Crippen molar-refractivity contribution >= 4 is 21.7 Å². The van der Waals surface area contributed by atoms with Crippen LogP contribution in [0, 0.1) is 6.92 Å². The molecule has 1 aromatic rings. The lowest BCUT2D eigenvalue weighted by molar-refractivity contribution is 1.05. The van der Waals surface area contributed by atoms with Gasteiger partial charge in [0.15, 0.2) is 0 Å². The Kier molecular flexibility index (Phi) is 3.96. The standard InChI is InChI=1S/C10H13BrN2/c1-3-4-5-12-10-6-8(2)9(11)7-13-10/h3,6-7H,1,4-5H2,2H3,(H,12,13). The van der Waals surface area contributed by atoms with E-state index in [-0.39, 0.29) is 0 Å². The van der Waals surface area contributed by atoms with Crippen LogP contribution in [0.25, 0.3) is 0 Å². The summed E-state index contributed by atoms with van der Waals surface area (Å²) >= 11 is 3.40. The maximum Gasteiger partial charge on any atom is 0.126 e. The molecule has 0 saturated carbocycles. The molecular formula is C10H13BrN2. The number of nitrogens with one attached hydrogen (secondary N) is 1. The van der Waals surface area contributed by atoms with E-state index in [1.807, 2.05) is 25.3 Å². The predicted molar refractivity (Wildman–Crippen MR) is 60.0 cm³/mol. The average molecular weight is 241 g/mol. The van der Waals surface area contributed by atoms with Gasteiger partial charge >= 0.3 is 0 Å². The van der Waals surface area contributed by atoms with Gasteiger partial charge in [-0.1, -0.05) is 6.08 Å². The van der Waals surface area contributed by atoms with Crippen LogP contribution < -0.4 is 5.32 Å². The van der Waals surface area contributed by atoms with Crippen LogP contribution in [0.2, 0.25) is 0 Å². The van der Waals surface area contributed by atoms with Gasteiger partial charge in [-0.2, -0.15) is 0 Å². The van der Waals surface area contributed by atoms with Crippen molar-refractivity contribution in [3.05, 3.63) is 35.0 Å². The molecule has 0 radical (unpaired) electrons. The van der Waals surface area contributed by atoms with E-state index < -0.39 is 0 Å². The fourth-order valence-corrected chi connectivity index (χ4v) is 1.16. The summed E-state index contributed by atoms with van der Waals surface area (Å²) in [6, 6.07) is 2.02. The van der Waals surface area contributed by atoms with E-state index in [4.69, 9.17) is 0 Å². The van der Waals surface area contributed by atoms with E-state index in [2.05, 4.69) is 32.8 Å². The second-order valence-electron chi connectivity index (χ2n) is 2.82. The fraction of sp³-hybridized carbons (Fsp3) is 0.300. The first-order valence-electron chi connectivity index (χ1n) is 4.21. The Morgan fingerprint density at radius 2 is 2.46 bits per heavy atom. The molecule has 0 bridgehead atoms. The minimum absolute atomic E-state index is 0.886. The van der Waals surface area contributed by atoms with Crippen LogP contribution in [-0.4, -0.2) is 11.5 Å². The summed E-state index contributed by atoms with van der Waals surface area (Å²) in [5.74, 6) is 0.919. The van der Waals surface area contributed by atoms with Crippen molar-refractivity contribution in [2.75, 3.05) is 11.9 Å². The van der Waals surface area contributed by atoms with Crippen LogP contribution in [0.5, 0.6) is 0 Å². The number of anilines is 1. The summed E-state index contributed by atoms with van der Waals surface area (Å²) < 4.78 is 1.04. The third-order valence-corrected chi connectivity index (χ3v) is 2.53. The van der Waals surface area contributed by atoms with Gasteiger partial charge in [0.1, 0.15) is 5.82 Å². The van der Waals surface area contributed by atoms with Crippen LogP contribution in [-0.2, 0) is 0 Å². The molecule has 0 amide bonds. The minimum Gasteiger partial charge on any atom is -0.370 e. The lowest BCUT2D eigenvalue weighted by atomic mass is 10.3. The van der Waals surface area contributed by atoms with Crippen LogP contribution >= 0.6 is 15.9 Å². The molecule has 70 valence electrons. The maximum atomic E-state index is 4.22. The number of nitrogens with zero attached hydrogens (tertiary/aromatic N) is 1. The molecule has 0 fully saturated rings. The molecule has 0 spiro atoms. The lowest BCUT2D eigenvalue weighted by Crippen LogP contribution is -2.02. The van der Waals surface area contributed by atoms with E-state index in [1.54, 1.807) is 0 Å². The van der Waals surface area contributed by atoms with Gasteiger partial charge in [-0.15, -0.1) is 6.58 Å². The van der Waals surface area contributed by atoms with E-state index in [0.717, 1.165) is 23.3 Å². The first-order chi connectivity index (χ1) is 6.24. The van der Waals surface area contributed by atoms with Crippen molar-refractivity contribution in [1.29, 1.82) is 0 Å². The summed E-state index contributed by atoms with van der Waals surface area (Å²) in [5.41, 5.74) is 1.19. The maximum absolute atomic E-state index is 4.22. The molecule has 0 aliphatic carbocycles. The predicted octanol–water partition coefficient (Wildman–Crippen LogP) is 3.14. The molecule has 0 aliphatic rings. The number of hydrogen-bond donors (Lipinski definition) is 1. The number of aryl methyl sites for hydroxylation is 1. The second kappa shape index (κ2) is 5.02. The lowest BCUT2D eigenvalue weighted by Gasteiger charge is -2.05. The van der Waals surface area contributed by atoms with Gasteiger partial charge in [0.25, 0.3) is 0 Å². The number of rotatable bonds is 4. The quantitative estimate of drug-likeness (QED) is 0.647. The molecule has 0 aliphatic heterocycles. The summed E-state index contributed by atoms with van der Waals surface area (Å²) in [7, 11) is 0. The Labute approximate surface area is 87.2 Å². The molecule has 1 aromatic heterocycles. The zero-order valence-corrected chi connectivity index (χ0v) is 9.26. The van der Waals surface area contributed by atoms with Crippen molar-refractivity contribution < 1.29 is 0 Å². The Balaban J connectivity index is 2.57. The molecule has 3 heteroatoms. The molecule has 2 nitrogen and oxygen atoms in total. The Morgan fingerprint density at radius 1 is 1.69 bits per heavy atom. The van der Waals surface area contributed by atoms with Crippen LogP contribution in [0.15, 0.2) is 29.4 Å². The highest BCUT2D eigenvalue weighted by molar-refractivity contribution is 9.10. The highest BCUT2D eigenvalue weighted by atomic mass is 79.9. The third-order valence-electron chi connectivity index (χ3n) is 1.70. The molecule has 0 saturated heterocycles. The van der Waals surface area contributed by atoms with Crippen molar-refractivity contribution in [3.8, 4) is 0 Å². The average Bonchev–Trinajstić information content (AvgIpc) is 2.12. The van der Waals surface area contributed by atoms with Crippen LogP contribution in [0.4, 0.5) is 5.82 Å². The van der Waals surface area contributed by atoms with Crippen molar-refractivity contribution in [2.45, 2.75) is 13.3 Å². The monoisotopic (exact) mass is 240 g/mol. The molecule has 0 atom stereocenters. The number of hydrogen-bond acceptors (Lipinski definition) is 2. The van der Waals surface area contributed by atoms with Crippen molar-refractivity contribution in [1.82, 2.24) is 4.98 Å². The van der Waals surface area contributed by atoms with Crippen molar-refractivity contribution in [3.63, 3.8) is 0 Å². The second-order valence-corrected chi connectivity index (χ2v) is 3.68. The van der Waals surface area contributed by atoms with Gasteiger partial charge in [-0.25, -0.2) is 4.98 Å². The zero-order chi connectivity index (χ0) is 9.68. The number of aromatic nitrogens is 1. The zero-order valence-electron chi connectivity index (χ0n) is 7.68. The van der Waals surface area contributed by atoms with Crippen LogP contribution in [0.1, 0.15) is 12.0 Å². The highest BCUT2D eigenvalue weighted by Crippen LogP contribution is 2.16. The molecule has 13 heavy (non-hydrogen) atoms. The van der Waals surface area contributed by atoms with Gasteiger partial charge in [-0.3, -0.25) is 0 Å². The van der Waals surface area contributed by atoms with Crippen LogP contribution in [0.3, 0.4) is 0 Å². The third kappa shape index (κ3) is 3.19. The number of pyridine rings is 1. The molecule has 0 aromatic carbocycles. The molecule has 1 rings (SSSR count). The van der Waals surface area contributed by atoms with E-state index in [1.165, 1.54) is 5.56 Å². The molecule has 0 unspecified atom stereocenters. The Bertz CT molecular complexity index is 297. The summed E-state index contributed by atoms with van der Waals surface area (Å²) in [5, 5.41) is 3.21. The fourth-order valence-electron chi connectivity index (χ4n) is 0.938. The topological polar surface area (TPSA) is 24.9 Å². The van der Waals surface area contributed by atoms with Gasteiger partial charge in [0.2, 0.25) is 0 Å². The van der Waals surface area contributed by atoms with Crippen molar-refractivity contribution in [2.24, 2.45) is 0 Å². The Hall–Kier alpha value is -0.830. The van der Waals surface area contributed by atoms with E-state index in [0.29, 0.717) is 0 Å². The normalized spacial score (nSPS) is 9.69.